The molecule has 0 saturated heterocycles. The topological polar surface area (TPSA) is 58.0 Å². The first-order valence-corrected chi connectivity index (χ1v) is 6.10. The largest absolute Gasteiger partial charge is 0.445 e. The van der Waals surface area contributed by atoms with Crippen molar-refractivity contribution in [1.82, 2.24) is 10.2 Å². The molecule has 0 radical (unpaired) electrons. The first-order chi connectivity index (χ1) is 8.00. The number of aliphatic hydroxyl groups is 1. The van der Waals surface area contributed by atoms with Crippen LogP contribution in [0.5, 0.6) is 0 Å². The number of hydrogen-bond acceptors (Lipinski definition) is 5. The number of aliphatic hydroxyl groups excluding tert-OH is 1. The van der Waals surface area contributed by atoms with Gasteiger partial charge in [-0.2, -0.15) is 13.2 Å². The van der Waals surface area contributed by atoms with Crippen LogP contribution in [0.4, 0.5) is 18.3 Å². The van der Waals surface area contributed by atoms with Crippen LogP contribution >= 0.6 is 11.3 Å². The van der Waals surface area contributed by atoms with Crippen LogP contribution in [0.3, 0.4) is 0 Å². The summed E-state index contributed by atoms with van der Waals surface area (Å²) in [6.07, 6.45) is -1.75. The predicted octanol–water partition coefficient (Wildman–Crippen LogP) is 2.13. The summed E-state index contributed by atoms with van der Waals surface area (Å²) in [6, 6.07) is -0.00552. The summed E-state index contributed by atoms with van der Waals surface area (Å²) in [5.41, 5.74) is 0. The Hall–Kier alpha value is -0.890. The van der Waals surface area contributed by atoms with E-state index in [-0.39, 0.29) is 23.7 Å². The minimum atomic E-state index is -4.44. The monoisotopic (exact) mass is 267 g/mol. The van der Waals surface area contributed by atoms with Crippen molar-refractivity contribution in [1.29, 1.82) is 0 Å². The van der Waals surface area contributed by atoms with E-state index in [1.807, 2.05) is 0 Å². The lowest BCUT2D eigenvalue weighted by Crippen LogP contribution is -2.26. The lowest BCUT2D eigenvalue weighted by Gasteiger charge is -2.17. The average molecular weight is 267 g/mol. The normalized spacial score (nSPS) is 25.2. The first-order valence-electron chi connectivity index (χ1n) is 5.29. The molecule has 1 aliphatic carbocycles. The molecule has 2 atom stereocenters. The van der Waals surface area contributed by atoms with Crippen LogP contribution in [0.25, 0.3) is 0 Å². The predicted molar refractivity (Wildman–Crippen MR) is 56.7 cm³/mol. The van der Waals surface area contributed by atoms with Crippen molar-refractivity contribution in [2.24, 2.45) is 5.92 Å². The van der Waals surface area contributed by atoms with Crippen molar-refractivity contribution >= 4 is 16.5 Å². The Morgan fingerprint density at radius 3 is 2.71 bits per heavy atom. The van der Waals surface area contributed by atoms with E-state index in [9.17, 15) is 13.2 Å². The van der Waals surface area contributed by atoms with Crippen LogP contribution in [0.15, 0.2) is 0 Å². The van der Waals surface area contributed by atoms with E-state index >= 15 is 0 Å². The number of nitrogens with zero attached hydrogens (tertiary/aromatic N) is 2. The molecule has 0 aliphatic heterocycles. The third-order valence-corrected chi connectivity index (χ3v) is 3.77. The fraction of sp³-hybridized carbons (Fsp3) is 0.778. The van der Waals surface area contributed by atoms with E-state index in [2.05, 4.69) is 15.5 Å². The van der Waals surface area contributed by atoms with Crippen LogP contribution in [-0.2, 0) is 6.18 Å². The molecule has 2 N–H and O–H groups in total. The van der Waals surface area contributed by atoms with Crippen molar-refractivity contribution < 1.29 is 18.3 Å². The van der Waals surface area contributed by atoms with Gasteiger partial charge < -0.3 is 10.4 Å². The van der Waals surface area contributed by atoms with Gasteiger partial charge in [0.25, 0.3) is 0 Å². The Morgan fingerprint density at radius 1 is 1.35 bits per heavy atom. The number of alkyl halides is 3. The molecule has 2 unspecified atom stereocenters. The van der Waals surface area contributed by atoms with Crippen LogP contribution < -0.4 is 5.32 Å². The molecule has 1 aromatic rings. The third-order valence-electron chi connectivity index (χ3n) is 2.87. The molecule has 17 heavy (non-hydrogen) atoms. The molecular formula is C9H12F3N3OS. The maximum Gasteiger partial charge on any atom is 0.445 e. The van der Waals surface area contributed by atoms with Gasteiger partial charge in [0.05, 0.1) is 0 Å². The highest BCUT2D eigenvalue weighted by Crippen LogP contribution is 2.35. The standard InChI is InChI=1S/C9H12F3N3OS/c10-9(11,12)7-14-15-8(17-7)13-6-3-1-2-5(6)4-16/h5-6,16H,1-4H2,(H,13,15). The number of hydrogen-bond donors (Lipinski definition) is 2. The highest BCUT2D eigenvalue weighted by atomic mass is 32.1. The lowest BCUT2D eigenvalue weighted by atomic mass is 10.1. The molecular weight excluding hydrogens is 255 g/mol. The zero-order chi connectivity index (χ0) is 12.5. The van der Waals surface area contributed by atoms with Gasteiger partial charge in [-0.3, -0.25) is 0 Å². The van der Waals surface area contributed by atoms with Gasteiger partial charge in [-0.25, -0.2) is 0 Å². The summed E-state index contributed by atoms with van der Waals surface area (Å²) in [6.45, 7) is 0.0442. The van der Waals surface area contributed by atoms with Crippen molar-refractivity contribution in [3.8, 4) is 0 Å². The van der Waals surface area contributed by atoms with Crippen LogP contribution in [0.2, 0.25) is 0 Å². The summed E-state index contributed by atoms with van der Waals surface area (Å²) in [7, 11) is 0. The van der Waals surface area contributed by atoms with Gasteiger partial charge in [0.2, 0.25) is 10.1 Å². The van der Waals surface area contributed by atoms with Gasteiger partial charge in [0.1, 0.15) is 0 Å². The Kier molecular flexibility index (Phi) is 3.53. The second-order valence-electron chi connectivity index (χ2n) is 4.03. The maximum absolute atomic E-state index is 12.3. The summed E-state index contributed by atoms with van der Waals surface area (Å²) >= 11 is 0.499. The summed E-state index contributed by atoms with van der Waals surface area (Å²) in [5.74, 6) is 0.0910. The number of anilines is 1. The fourth-order valence-electron chi connectivity index (χ4n) is 2.00. The van der Waals surface area contributed by atoms with E-state index < -0.39 is 11.2 Å². The molecule has 0 amide bonds. The van der Waals surface area contributed by atoms with Crippen molar-refractivity contribution in [3.05, 3.63) is 5.01 Å². The summed E-state index contributed by atoms with van der Waals surface area (Å²) in [4.78, 5) is 0. The van der Waals surface area contributed by atoms with Gasteiger partial charge >= 0.3 is 6.18 Å². The Morgan fingerprint density at radius 2 is 2.12 bits per heavy atom. The van der Waals surface area contributed by atoms with Gasteiger partial charge in [-0.05, 0) is 12.8 Å². The first kappa shape index (κ1) is 12.6. The van der Waals surface area contributed by atoms with E-state index in [0.717, 1.165) is 19.3 Å². The number of halogens is 3. The zero-order valence-corrected chi connectivity index (χ0v) is 9.68. The molecule has 8 heteroatoms. The maximum atomic E-state index is 12.3. The molecule has 1 saturated carbocycles. The van der Waals surface area contributed by atoms with Crippen LogP contribution in [0.1, 0.15) is 24.3 Å². The second-order valence-corrected chi connectivity index (χ2v) is 5.01. The second kappa shape index (κ2) is 4.77. The van der Waals surface area contributed by atoms with E-state index in [4.69, 9.17) is 5.11 Å². The highest BCUT2D eigenvalue weighted by molar-refractivity contribution is 7.15. The van der Waals surface area contributed by atoms with E-state index in [0.29, 0.717) is 11.3 Å². The van der Waals surface area contributed by atoms with Crippen LogP contribution in [-0.4, -0.2) is 28.0 Å². The fourth-order valence-corrected chi connectivity index (χ4v) is 2.67. The van der Waals surface area contributed by atoms with E-state index in [1.165, 1.54) is 0 Å². The Bertz CT molecular complexity index is 382. The molecule has 2 rings (SSSR count). The molecule has 0 spiro atoms. The molecule has 1 heterocycles. The Balaban J connectivity index is 2.02. The molecule has 1 fully saturated rings. The van der Waals surface area contributed by atoms with Gasteiger partial charge in [0, 0.05) is 18.6 Å². The van der Waals surface area contributed by atoms with Gasteiger partial charge in [-0.1, -0.05) is 17.8 Å². The lowest BCUT2D eigenvalue weighted by molar-refractivity contribution is -0.138. The molecule has 4 nitrogen and oxygen atoms in total. The van der Waals surface area contributed by atoms with Crippen molar-refractivity contribution in [3.63, 3.8) is 0 Å². The molecule has 1 aromatic heterocycles. The third kappa shape index (κ3) is 2.86. The molecule has 96 valence electrons. The number of nitrogens with one attached hydrogen (secondary N) is 1. The van der Waals surface area contributed by atoms with Gasteiger partial charge in [-0.15, -0.1) is 10.2 Å². The highest BCUT2D eigenvalue weighted by Gasteiger charge is 2.36. The molecule has 0 aromatic carbocycles. The Labute approximate surface area is 99.9 Å². The summed E-state index contributed by atoms with van der Waals surface area (Å²) < 4.78 is 36.9. The van der Waals surface area contributed by atoms with Crippen molar-refractivity contribution in [2.45, 2.75) is 31.5 Å². The van der Waals surface area contributed by atoms with E-state index in [1.54, 1.807) is 0 Å². The SMILES string of the molecule is OCC1CCCC1Nc1nnc(C(F)(F)F)s1. The smallest absolute Gasteiger partial charge is 0.396 e. The minimum Gasteiger partial charge on any atom is -0.396 e. The zero-order valence-electron chi connectivity index (χ0n) is 8.87. The quantitative estimate of drug-likeness (QED) is 0.880. The number of aromatic nitrogens is 2. The molecule has 1 aliphatic rings. The summed E-state index contributed by atoms with van der Waals surface area (Å²) in [5, 5.41) is 17.8. The number of rotatable bonds is 3. The van der Waals surface area contributed by atoms with Crippen molar-refractivity contribution in [2.75, 3.05) is 11.9 Å². The molecule has 0 bridgehead atoms. The van der Waals surface area contributed by atoms with Crippen LogP contribution in [0, 0.1) is 5.92 Å². The average Bonchev–Trinajstić information content (AvgIpc) is 2.86. The minimum absolute atomic E-state index is 0.00552. The van der Waals surface area contributed by atoms with Gasteiger partial charge in [0.15, 0.2) is 0 Å².